The van der Waals surface area contributed by atoms with E-state index in [-0.39, 0.29) is 17.6 Å². The second-order valence-electron chi connectivity index (χ2n) is 6.20. The number of carbonyl (C=O) groups is 1. The van der Waals surface area contributed by atoms with E-state index in [2.05, 4.69) is 5.32 Å². The van der Waals surface area contributed by atoms with E-state index in [1.54, 1.807) is 0 Å². The molecule has 0 unspecified atom stereocenters. The van der Waals surface area contributed by atoms with Gasteiger partial charge in [-0.05, 0) is 38.3 Å². The van der Waals surface area contributed by atoms with Crippen LogP contribution in [0, 0.1) is 12.8 Å². The Balaban J connectivity index is 1.86. The Labute approximate surface area is 139 Å². The number of rotatable bonds is 6. The molecule has 1 aromatic rings. The molecule has 0 bridgehead atoms. The minimum Gasteiger partial charge on any atom is -0.326 e. The lowest BCUT2D eigenvalue weighted by atomic mass is 9.97. The maximum absolute atomic E-state index is 12.3. The van der Waals surface area contributed by atoms with E-state index in [1.807, 2.05) is 38.1 Å². The van der Waals surface area contributed by atoms with Gasteiger partial charge in [0.25, 0.3) is 0 Å². The van der Waals surface area contributed by atoms with Gasteiger partial charge in [0.05, 0.1) is 5.75 Å². The molecule has 1 amide bonds. The molecule has 1 aliphatic heterocycles. The van der Waals surface area contributed by atoms with Crippen molar-refractivity contribution >= 4 is 21.6 Å². The van der Waals surface area contributed by atoms with Crippen LogP contribution in [0.25, 0.3) is 0 Å². The van der Waals surface area contributed by atoms with Crippen LogP contribution in [0.3, 0.4) is 0 Å². The highest BCUT2D eigenvalue weighted by Gasteiger charge is 2.30. The first-order valence-corrected chi connectivity index (χ1v) is 9.88. The van der Waals surface area contributed by atoms with Crippen LogP contribution >= 0.6 is 0 Å². The monoisotopic (exact) mass is 338 g/mol. The number of piperidine rings is 1. The van der Waals surface area contributed by atoms with Gasteiger partial charge < -0.3 is 5.32 Å². The van der Waals surface area contributed by atoms with Crippen molar-refractivity contribution in [3.63, 3.8) is 0 Å². The van der Waals surface area contributed by atoms with E-state index >= 15 is 0 Å². The second-order valence-corrected chi connectivity index (χ2v) is 8.29. The predicted molar refractivity (Wildman–Crippen MR) is 92.8 cm³/mol. The fraction of sp³-hybridized carbons (Fsp3) is 0.588. The van der Waals surface area contributed by atoms with Crippen LogP contribution in [-0.2, 0) is 14.8 Å². The van der Waals surface area contributed by atoms with Gasteiger partial charge in [0.2, 0.25) is 15.9 Å². The lowest BCUT2D eigenvalue weighted by Crippen LogP contribution is -2.42. The molecule has 0 atom stereocenters. The van der Waals surface area contributed by atoms with E-state index < -0.39 is 10.0 Å². The molecule has 128 valence electrons. The molecule has 0 aliphatic carbocycles. The average molecular weight is 338 g/mol. The van der Waals surface area contributed by atoms with Crippen LogP contribution < -0.4 is 5.32 Å². The maximum atomic E-state index is 12.3. The molecule has 0 radical (unpaired) electrons. The van der Waals surface area contributed by atoms with Crippen LogP contribution in [0.4, 0.5) is 5.69 Å². The topological polar surface area (TPSA) is 66.5 Å². The summed E-state index contributed by atoms with van der Waals surface area (Å²) in [5, 5.41) is 2.92. The Hall–Kier alpha value is -1.40. The van der Waals surface area contributed by atoms with E-state index in [1.165, 1.54) is 4.31 Å². The summed E-state index contributed by atoms with van der Waals surface area (Å²) >= 11 is 0. The van der Waals surface area contributed by atoms with Crippen molar-refractivity contribution in [2.75, 3.05) is 24.2 Å². The molecule has 2 rings (SSSR count). The predicted octanol–water partition coefficient (Wildman–Crippen LogP) is 2.78. The van der Waals surface area contributed by atoms with Gasteiger partial charge in [-0.3, -0.25) is 4.79 Å². The Morgan fingerprint density at radius 3 is 2.39 bits per heavy atom. The quantitative estimate of drug-likeness (QED) is 0.867. The first-order chi connectivity index (χ1) is 10.9. The van der Waals surface area contributed by atoms with Gasteiger partial charge in [0.1, 0.15) is 0 Å². The third kappa shape index (κ3) is 5.04. The fourth-order valence-electron chi connectivity index (χ4n) is 2.73. The number of anilines is 1. The van der Waals surface area contributed by atoms with Crippen molar-refractivity contribution in [1.29, 1.82) is 0 Å². The SMILES string of the molecule is CCCCS(=O)(=O)N1CCC(C(=O)Nc2ccc(C)cc2)CC1. The Bertz CT molecular complexity index is 618. The smallest absolute Gasteiger partial charge is 0.227 e. The highest BCUT2D eigenvalue weighted by Crippen LogP contribution is 2.22. The summed E-state index contributed by atoms with van der Waals surface area (Å²) in [5.74, 6) is 0.0809. The zero-order valence-electron chi connectivity index (χ0n) is 13.9. The molecule has 0 spiro atoms. The van der Waals surface area contributed by atoms with Gasteiger partial charge in [0, 0.05) is 24.7 Å². The van der Waals surface area contributed by atoms with E-state index in [9.17, 15) is 13.2 Å². The van der Waals surface area contributed by atoms with Crippen LogP contribution in [0.1, 0.15) is 38.2 Å². The standard InChI is InChI=1S/C17H26N2O3S/c1-3-4-13-23(21,22)19-11-9-15(10-12-19)17(20)18-16-7-5-14(2)6-8-16/h5-8,15H,3-4,9-13H2,1-2H3,(H,18,20). The van der Waals surface area contributed by atoms with Crippen molar-refractivity contribution < 1.29 is 13.2 Å². The number of sulfonamides is 1. The molecule has 1 saturated heterocycles. The van der Waals surface area contributed by atoms with E-state index in [0.29, 0.717) is 32.4 Å². The maximum Gasteiger partial charge on any atom is 0.227 e. The first-order valence-electron chi connectivity index (χ1n) is 8.27. The second kappa shape index (κ2) is 7.93. The highest BCUT2D eigenvalue weighted by molar-refractivity contribution is 7.89. The van der Waals surface area contributed by atoms with Gasteiger partial charge in [0.15, 0.2) is 0 Å². The lowest BCUT2D eigenvalue weighted by Gasteiger charge is -2.30. The fourth-order valence-corrected chi connectivity index (χ4v) is 4.41. The third-order valence-electron chi connectivity index (χ3n) is 4.29. The normalized spacial score (nSPS) is 17.1. The van der Waals surface area contributed by atoms with Crippen LogP contribution in [-0.4, -0.2) is 37.5 Å². The van der Waals surface area contributed by atoms with Gasteiger partial charge in [-0.15, -0.1) is 0 Å². The molecular formula is C17H26N2O3S. The molecule has 1 aliphatic rings. The molecule has 1 N–H and O–H groups in total. The highest BCUT2D eigenvalue weighted by atomic mass is 32.2. The number of unbranched alkanes of at least 4 members (excludes halogenated alkanes) is 1. The van der Waals surface area contributed by atoms with Crippen molar-refractivity contribution in [2.45, 2.75) is 39.5 Å². The zero-order chi connectivity index (χ0) is 16.9. The van der Waals surface area contributed by atoms with Crippen LogP contribution in [0.15, 0.2) is 24.3 Å². The van der Waals surface area contributed by atoms with E-state index in [4.69, 9.17) is 0 Å². The Morgan fingerprint density at radius 1 is 1.22 bits per heavy atom. The summed E-state index contributed by atoms with van der Waals surface area (Å²) in [7, 11) is -3.16. The van der Waals surface area contributed by atoms with Crippen molar-refractivity contribution in [3.8, 4) is 0 Å². The summed E-state index contributed by atoms with van der Waals surface area (Å²) in [6.45, 7) is 4.87. The Kier molecular flexibility index (Phi) is 6.18. The minimum atomic E-state index is -3.16. The molecular weight excluding hydrogens is 312 g/mol. The van der Waals surface area contributed by atoms with Crippen LogP contribution in [0.5, 0.6) is 0 Å². The van der Waals surface area contributed by atoms with Gasteiger partial charge in [-0.2, -0.15) is 0 Å². The number of nitrogens with zero attached hydrogens (tertiary/aromatic N) is 1. The summed E-state index contributed by atoms with van der Waals surface area (Å²) in [5.41, 5.74) is 1.94. The summed E-state index contributed by atoms with van der Waals surface area (Å²) in [6.07, 6.45) is 2.73. The third-order valence-corrected chi connectivity index (χ3v) is 6.25. The molecule has 1 fully saturated rings. The molecule has 1 aromatic carbocycles. The van der Waals surface area contributed by atoms with Crippen molar-refractivity contribution in [3.05, 3.63) is 29.8 Å². The van der Waals surface area contributed by atoms with Gasteiger partial charge in [-0.1, -0.05) is 31.0 Å². The molecule has 6 heteroatoms. The van der Waals surface area contributed by atoms with Crippen LogP contribution in [0.2, 0.25) is 0 Å². The number of aryl methyl sites for hydroxylation is 1. The van der Waals surface area contributed by atoms with Gasteiger partial charge in [-0.25, -0.2) is 12.7 Å². The minimum absolute atomic E-state index is 0.0144. The summed E-state index contributed by atoms with van der Waals surface area (Å²) < 4.78 is 25.9. The van der Waals surface area contributed by atoms with Crippen molar-refractivity contribution in [1.82, 2.24) is 4.31 Å². The first kappa shape index (κ1) is 17.9. The largest absolute Gasteiger partial charge is 0.326 e. The summed E-state index contributed by atoms with van der Waals surface area (Å²) in [6, 6.07) is 7.69. The number of hydrogen-bond donors (Lipinski definition) is 1. The van der Waals surface area contributed by atoms with Crippen molar-refractivity contribution in [2.24, 2.45) is 5.92 Å². The lowest BCUT2D eigenvalue weighted by molar-refractivity contribution is -0.120. The van der Waals surface area contributed by atoms with Gasteiger partial charge >= 0.3 is 0 Å². The Morgan fingerprint density at radius 2 is 1.83 bits per heavy atom. The number of nitrogens with one attached hydrogen (secondary N) is 1. The average Bonchev–Trinajstić information content (AvgIpc) is 2.55. The number of hydrogen-bond acceptors (Lipinski definition) is 3. The number of amides is 1. The number of benzene rings is 1. The molecule has 23 heavy (non-hydrogen) atoms. The number of carbonyl (C=O) groups excluding carboxylic acids is 1. The summed E-state index contributed by atoms with van der Waals surface area (Å²) in [4.78, 5) is 12.3. The molecule has 0 aromatic heterocycles. The molecule has 0 saturated carbocycles. The molecule has 5 nitrogen and oxygen atoms in total. The zero-order valence-corrected chi connectivity index (χ0v) is 14.7. The molecule has 1 heterocycles. The van der Waals surface area contributed by atoms with E-state index in [0.717, 1.165) is 17.7 Å².